The fourth-order valence-corrected chi connectivity index (χ4v) is 6.47. The zero-order chi connectivity index (χ0) is 25.0. The normalized spacial score (nSPS) is 19.9. The third kappa shape index (κ3) is 6.40. The van der Waals surface area contributed by atoms with Gasteiger partial charge in [-0.05, 0) is 45.0 Å². The van der Waals surface area contributed by atoms with Gasteiger partial charge in [0.25, 0.3) is 0 Å². The van der Waals surface area contributed by atoms with E-state index in [1.165, 1.54) is 4.31 Å². The Kier molecular flexibility index (Phi) is 8.10. The van der Waals surface area contributed by atoms with E-state index >= 15 is 0 Å². The number of carbonyl (C=O) groups is 1. The van der Waals surface area contributed by atoms with E-state index in [0.717, 1.165) is 37.4 Å². The highest BCUT2D eigenvalue weighted by atomic mass is 32.2. The van der Waals surface area contributed by atoms with Crippen LogP contribution in [0.3, 0.4) is 0 Å². The first-order valence-corrected chi connectivity index (χ1v) is 13.5. The molecule has 1 atom stereocenters. The lowest BCUT2D eigenvalue weighted by Crippen LogP contribution is -2.49. The fraction of sp³-hybridized carbons (Fsp3) is 0.583. The van der Waals surface area contributed by atoms with Crippen LogP contribution in [0.2, 0.25) is 0 Å². The van der Waals surface area contributed by atoms with Crippen LogP contribution in [0.25, 0.3) is 0 Å². The van der Waals surface area contributed by atoms with Gasteiger partial charge >= 0.3 is 0 Å². The monoisotopic (exact) mass is 505 g/mol. The minimum absolute atomic E-state index is 0.141. The maximum atomic E-state index is 13.0. The highest BCUT2D eigenvalue weighted by Crippen LogP contribution is 2.24. The summed E-state index contributed by atoms with van der Waals surface area (Å²) in [5.74, 6) is 1.30. The Labute approximate surface area is 207 Å². The highest BCUT2D eigenvalue weighted by molar-refractivity contribution is 7.89. The Bertz CT molecular complexity index is 1110. The van der Waals surface area contributed by atoms with E-state index in [0.29, 0.717) is 50.7 Å². The summed E-state index contributed by atoms with van der Waals surface area (Å²) in [6, 6.07) is 8.31. The van der Waals surface area contributed by atoms with Gasteiger partial charge in [0.15, 0.2) is 5.76 Å². The number of piperazine rings is 1. The molecule has 10 nitrogen and oxygen atoms in total. The van der Waals surface area contributed by atoms with Gasteiger partial charge in [-0.3, -0.25) is 9.69 Å². The number of rotatable bonds is 10. The van der Waals surface area contributed by atoms with Crippen LogP contribution < -0.4 is 10.1 Å². The number of aryl methyl sites for hydroxylation is 2. The molecule has 1 unspecified atom stereocenters. The molecular formula is C24H35N5O5S. The molecule has 1 aromatic heterocycles. The van der Waals surface area contributed by atoms with Crippen LogP contribution in [0, 0.1) is 13.8 Å². The van der Waals surface area contributed by atoms with Crippen molar-refractivity contribution in [2.45, 2.75) is 44.2 Å². The van der Waals surface area contributed by atoms with Gasteiger partial charge in [0, 0.05) is 58.3 Å². The maximum absolute atomic E-state index is 13.0. The van der Waals surface area contributed by atoms with Crippen LogP contribution in [-0.2, 0) is 21.4 Å². The number of carbonyl (C=O) groups excluding carboxylic acids is 1. The lowest BCUT2D eigenvalue weighted by molar-refractivity contribution is -0.119. The lowest BCUT2D eigenvalue weighted by Gasteiger charge is -2.33. The fourth-order valence-electron chi connectivity index (χ4n) is 4.76. The van der Waals surface area contributed by atoms with Crippen molar-refractivity contribution in [2.75, 3.05) is 52.9 Å². The number of benzene rings is 1. The first-order valence-electron chi connectivity index (χ1n) is 12.1. The smallest absolute Gasteiger partial charge is 0.248 e. The number of hydrogen-bond acceptors (Lipinski definition) is 8. The van der Waals surface area contributed by atoms with Crippen molar-refractivity contribution in [1.82, 2.24) is 24.6 Å². The number of nitrogens with zero attached hydrogens (tertiary/aromatic N) is 4. The molecule has 0 spiro atoms. The zero-order valence-corrected chi connectivity index (χ0v) is 21.5. The van der Waals surface area contributed by atoms with Crippen LogP contribution in [-0.4, -0.2) is 92.6 Å². The molecule has 0 saturated carbocycles. The van der Waals surface area contributed by atoms with E-state index in [4.69, 9.17) is 9.26 Å². The van der Waals surface area contributed by atoms with Crippen molar-refractivity contribution in [3.63, 3.8) is 0 Å². The highest BCUT2D eigenvalue weighted by Gasteiger charge is 2.33. The van der Waals surface area contributed by atoms with Crippen LogP contribution in [0.15, 0.2) is 33.7 Å². The zero-order valence-electron chi connectivity index (χ0n) is 20.7. The van der Waals surface area contributed by atoms with Crippen LogP contribution in [0.4, 0.5) is 0 Å². The first kappa shape index (κ1) is 25.6. The molecule has 2 aliphatic heterocycles. The quantitative estimate of drug-likeness (QED) is 0.516. The summed E-state index contributed by atoms with van der Waals surface area (Å²) < 4.78 is 38.5. The SMILES string of the molecule is Cc1noc(C)c1S(=O)(=O)N1CCN(CCOc2cccc(CN(C)CC3CCC(=O)N3)c2)CC1. The topological polar surface area (TPSA) is 108 Å². The predicted octanol–water partition coefficient (Wildman–Crippen LogP) is 1.39. The van der Waals surface area contributed by atoms with Crippen molar-refractivity contribution in [3.05, 3.63) is 41.3 Å². The first-order chi connectivity index (χ1) is 16.7. The molecule has 1 N–H and O–H groups in total. The second-order valence-corrected chi connectivity index (χ2v) is 11.3. The van der Waals surface area contributed by atoms with Gasteiger partial charge in [0.1, 0.15) is 22.9 Å². The van der Waals surface area contributed by atoms with Crippen LogP contribution >= 0.6 is 0 Å². The molecule has 1 aromatic carbocycles. The largest absolute Gasteiger partial charge is 0.492 e. The van der Waals surface area contributed by atoms with E-state index in [1.54, 1.807) is 13.8 Å². The summed E-state index contributed by atoms with van der Waals surface area (Å²) in [5.41, 5.74) is 1.56. The molecule has 2 fully saturated rings. The summed E-state index contributed by atoms with van der Waals surface area (Å²) >= 11 is 0. The number of aromatic nitrogens is 1. The second kappa shape index (κ2) is 11.1. The van der Waals surface area contributed by atoms with Crippen LogP contribution in [0.5, 0.6) is 5.75 Å². The van der Waals surface area contributed by atoms with Gasteiger partial charge < -0.3 is 19.5 Å². The number of nitrogens with one attached hydrogen (secondary N) is 1. The Morgan fingerprint density at radius 2 is 2.00 bits per heavy atom. The molecule has 3 heterocycles. The van der Waals surface area contributed by atoms with Crippen molar-refractivity contribution in [2.24, 2.45) is 0 Å². The number of ether oxygens (including phenoxy) is 1. The molecular weight excluding hydrogens is 470 g/mol. The third-order valence-corrected chi connectivity index (χ3v) is 8.68. The average molecular weight is 506 g/mol. The molecule has 11 heteroatoms. The summed E-state index contributed by atoms with van der Waals surface area (Å²) in [4.78, 5) is 16.0. The van der Waals surface area contributed by atoms with E-state index < -0.39 is 10.0 Å². The number of amides is 1. The molecule has 2 aromatic rings. The maximum Gasteiger partial charge on any atom is 0.248 e. The molecule has 0 aliphatic carbocycles. The van der Waals surface area contributed by atoms with Crippen molar-refractivity contribution in [1.29, 1.82) is 0 Å². The van der Waals surface area contributed by atoms with Gasteiger partial charge in [-0.25, -0.2) is 8.42 Å². The minimum atomic E-state index is -3.60. The molecule has 0 bridgehead atoms. The van der Waals surface area contributed by atoms with Crippen molar-refractivity contribution >= 4 is 15.9 Å². The van der Waals surface area contributed by atoms with E-state index in [1.807, 2.05) is 12.1 Å². The molecule has 2 aliphatic rings. The molecule has 2 saturated heterocycles. The molecule has 35 heavy (non-hydrogen) atoms. The van der Waals surface area contributed by atoms with Gasteiger partial charge in [0.05, 0.1) is 0 Å². The van der Waals surface area contributed by atoms with E-state index in [9.17, 15) is 13.2 Å². The lowest BCUT2D eigenvalue weighted by atomic mass is 10.1. The number of likely N-dealkylation sites (N-methyl/N-ethyl adjacent to an activating group) is 1. The van der Waals surface area contributed by atoms with Crippen LogP contribution in [0.1, 0.15) is 29.9 Å². The standard InChI is InChI=1S/C24H35N5O5S/c1-18-24(19(2)34-26-18)35(31,32)29-11-9-28(10-12-29)13-14-33-22-6-4-5-20(15-22)16-27(3)17-21-7-8-23(30)25-21/h4-6,15,21H,7-14,16-17H2,1-3H3,(H,25,30). The molecule has 1 amide bonds. The van der Waals surface area contributed by atoms with Gasteiger partial charge in [-0.2, -0.15) is 4.31 Å². The minimum Gasteiger partial charge on any atom is -0.492 e. The Morgan fingerprint density at radius 3 is 2.66 bits per heavy atom. The third-order valence-electron chi connectivity index (χ3n) is 6.54. The Hall–Kier alpha value is -2.47. The van der Waals surface area contributed by atoms with Gasteiger partial charge in [0.2, 0.25) is 15.9 Å². The molecule has 4 rings (SSSR count). The Balaban J connectivity index is 1.21. The summed E-state index contributed by atoms with van der Waals surface area (Å²) in [5, 5.41) is 6.79. The summed E-state index contributed by atoms with van der Waals surface area (Å²) in [7, 11) is -1.54. The number of hydrogen-bond donors (Lipinski definition) is 1. The number of sulfonamides is 1. The average Bonchev–Trinajstić information content (AvgIpc) is 3.38. The van der Waals surface area contributed by atoms with Gasteiger partial charge in [-0.1, -0.05) is 17.3 Å². The molecule has 192 valence electrons. The Morgan fingerprint density at radius 1 is 1.23 bits per heavy atom. The van der Waals surface area contributed by atoms with Gasteiger partial charge in [-0.15, -0.1) is 0 Å². The van der Waals surface area contributed by atoms with Crippen molar-refractivity contribution in [3.8, 4) is 5.75 Å². The molecule has 0 radical (unpaired) electrons. The summed E-state index contributed by atoms with van der Waals surface area (Å²) in [6.07, 6.45) is 1.51. The van der Waals surface area contributed by atoms with E-state index in [-0.39, 0.29) is 16.8 Å². The van der Waals surface area contributed by atoms with E-state index in [2.05, 4.69) is 39.5 Å². The second-order valence-electron chi connectivity index (χ2n) is 9.39. The van der Waals surface area contributed by atoms with Crippen molar-refractivity contribution < 1.29 is 22.5 Å². The summed E-state index contributed by atoms with van der Waals surface area (Å²) in [6.45, 7) is 8.30. The predicted molar refractivity (Wildman–Crippen MR) is 131 cm³/mol.